The van der Waals surface area contributed by atoms with Gasteiger partial charge in [-0.05, 0) is 6.07 Å². The maximum absolute atomic E-state index is 11.9. The Labute approximate surface area is 103 Å². The molecule has 6 nitrogen and oxygen atoms in total. The Balaban J connectivity index is 1.89. The normalized spacial score (nSPS) is 19.5. The molecule has 0 aliphatic carbocycles. The molecule has 0 saturated carbocycles. The van der Waals surface area contributed by atoms with E-state index in [9.17, 15) is 9.59 Å². The molecule has 17 heavy (non-hydrogen) atoms. The number of amides is 1. The van der Waals surface area contributed by atoms with Crippen molar-refractivity contribution >= 4 is 23.6 Å². The monoisotopic (exact) mass is 255 g/mol. The van der Waals surface area contributed by atoms with Crippen LogP contribution in [0.15, 0.2) is 18.5 Å². The molecule has 92 valence electrons. The molecule has 0 radical (unpaired) electrons. The minimum Gasteiger partial charge on any atom is -0.480 e. The zero-order valence-electron chi connectivity index (χ0n) is 9.15. The summed E-state index contributed by atoms with van der Waals surface area (Å²) < 4.78 is 1.66. The fourth-order valence-electron chi connectivity index (χ4n) is 1.68. The van der Waals surface area contributed by atoms with Gasteiger partial charge in [-0.1, -0.05) is 0 Å². The average Bonchev–Trinajstić information content (AvgIpc) is 2.96. The molecule has 0 aromatic carbocycles. The van der Waals surface area contributed by atoms with E-state index in [0.717, 1.165) is 0 Å². The van der Waals surface area contributed by atoms with Crippen molar-refractivity contribution in [2.75, 3.05) is 11.6 Å². The molecule has 7 heteroatoms. The number of carboxylic acids is 1. The summed E-state index contributed by atoms with van der Waals surface area (Å²) in [6.45, 7) is 0.485. The van der Waals surface area contributed by atoms with Crippen molar-refractivity contribution in [1.29, 1.82) is 0 Å². The Morgan fingerprint density at radius 2 is 2.35 bits per heavy atom. The molecule has 2 rings (SSSR count). The van der Waals surface area contributed by atoms with E-state index in [1.165, 1.54) is 16.7 Å². The Morgan fingerprint density at radius 3 is 3.00 bits per heavy atom. The third kappa shape index (κ3) is 2.79. The van der Waals surface area contributed by atoms with Crippen LogP contribution in [0.2, 0.25) is 0 Å². The second kappa shape index (κ2) is 5.22. The predicted octanol–water partition coefficient (Wildman–Crippen LogP) is 0.259. The molecule has 0 bridgehead atoms. The highest BCUT2D eigenvalue weighted by atomic mass is 32.2. The quantitative estimate of drug-likeness (QED) is 0.835. The van der Waals surface area contributed by atoms with Gasteiger partial charge in [0, 0.05) is 31.1 Å². The Bertz CT molecular complexity index is 407. The molecule has 1 amide bonds. The van der Waals surface area contributed by atoms with Crippen LogP contribution in [0.1, 0.15) is 6.42 Å². The van der Waals surface area contributed by atoms with Crippen molar-refractivity contribution in [2.45, 2.75) is 19.0 Å². The van der Waals surface area contributed by atoms with Gasteiger partial charge in [-0.25, -0.2) is 4.79 Å². The number of carboxylic acid groups (broad SMARTS) is 1. The fourth-order valence-corrected chi connectivity index (χ4v) is 2.85. The van der Waals surface area contributed by atoms with E-state index in [2.05, 4.69) is 5.10 Å². The lowest BCUT2D eigenvalue weighted by Gasteiger charge is -2.20. The second-order valence-electron chi connectivity index (χ2n) is 3.74. The molecule has 1 aliphatic heterocycles. The lowest BCUT2D eigenvalue weighted by Crippen LogP contribution is -2.42. The Morgan fingerprint density at radius 1 is 1.53 bits per heavy atom. The van der Waals surface area contributed by atoms with Gasteiger partial charge in [0.15, 0.2) is 0 Å². The van der Waals surface area contributed by atoms with Crippen LogP contribution >= 0.6 is 11.8 Å². The van der Waals surface area contributed by atoms with Crippen molar-refractivity contribution < 1.29 is 14.7 Å². The SMILES string of the molecule is O=C(O)[C@@H]1CSCN1C(=O)CCn1cccn1. The first-order valence-corrected chi connectivity index (χ1v) is 6.41. The molecular weight excluding hydrogens is 242 g/mol. The van der Waals surface area contributed by atoms with Crippen molar-refractivity contribution in [1.82, 2.24) is 14.7 Å². The van der Waals surface area contributed by atoms with Crippen LogP contribution in [0.25, 0.3) is 0 Å². The van der Waals surface area contributed by atoms with Gasteiger partial charge in [0.1, 0.15) is 6.04 Å². The van der Waals surface area contributed by atoms with E-state index in [1.807, 2.05) is 0 Å². The smallest absolute Gasteiger partial charge is 0.327 e. The minimum atomic E-state index is -0.928. The van der Waals surface area contributed by atoms with Crippen LogP contribution in [-0.2, 0) is 16.1 Å². The Hall–Kier alpha value is -1.50. The molecule has 0 spiro atoms. The molecular formula is C10H13N3O3S. The van der Waals surface area contributed by atoms with E-state index in [4.69, 9.17) is 5.11 Å². The highest BCUT2D eigenvalue weighted by molar-refractivity contribution is 7.99. The van der Waals surface area contributed by atoms with Crippen LogP contribution in [-0.4, -0.2) is 49.3 Å². The zero-order chi connectivity index (χ0) is 12.3. The summed E-state index contributed by atoms with van der Waals surface area (Å²) in [6.07, 6.45) is 3.71. The number of rotatable bonds is 4. The van der Waals surface area contributed by atoms with Gasteiger partial charge >= 0.3 is 5.97 Å². The first kappa shape index (κ1) is 12.0. The van der Waals surface area contributed by atoms with E-state index < -0.39 is 12.0 Å². The number of carbonyl (C=O) groups is 2. The Kier molecular flexibility index (Phi) is 3.68. The predicted molar refractivity (Wildman–Crippen MR) is 62.4 cm³/mol. The molecule has 2 heterocycles. The largest absolute Gasteiger partial charge is 0.480 e. The van der Waals surface area contributed by atoms with E-state index in [1.54, 1.807) is 23.1 Å². The first-order chi connectivity index (χ1) is 8.18. The maximum atomic E-state index is 11.9. The van der Waals surface area contributed by atoms with Crippen LogP contribution in [0.4, 0.5) is 0 Å². The lowest BCUT2D eigenvalue weighted by molar-refractivity contribution is -0.147. The maximum Gasteiger partial charge on any atom is 0.327 e. The van der Waals surface area contributed by atoms with Gasteiger partial charge in [0.2, 0.25) is 5.91 Å². The van der Waals surface area contributed by atoms with Gasteiger partial charge < -0.3 is 10.0 Å². The number of carbonyl (C=O) groups excluding carboxylic acids is 1. The number of hydrogen-bond donors (Lipinski definition) is 1. The lowest BCUT2D eigenvalue weighted by atomic mass is 10.2. The standard InChI is InChI=1S/C10H13N3O3S/c14-9(2-5-12-4-1-3-11-12)13-7-17-6-8(13)10(15)16/h1,3-4,8H,2,5-7H2,(H,15,16)/t8-/m0/s1. The van der Waals surface area contributed by atoms with Crippen LogP contribution in [0.3, 0.4) is 0 Å². The molecule has 1 atom stereocenters. The minimum absolute atomic E-state index is 0.127. The summed E-state index contributed by atoms with van der Waals surface area (Å²) in [6, 6.07) is 1.11. The number of aromatic nitrogens is 2. The molecule has 1 aromatic rings. The molecule has 1 N–H and O–H groups in total. The van der Waals surface area contributed by atoms with Crippen LogP contribution in [0, 0.1) is 0 Å². The summed E-state index contributed by atoms with van der Waals surface area (Å²) in [4.78, 5) is 24.2. The van der Waals surface area contributed by atoms with Crippen molar-refractivity contribution in [3.63, 3.8) is 0 Å². The van der Waals surface area contributed by atoms with Gasteiger partial charge in [-0.3, -0.25) is 9.48 Å². The number of nitrogens with zero attached hydrogens (tertiary/aromatic N) is 3. The molecule has 0 unspecified atom stereocenters. The first-order valence-electron chi connectivity index (χ1n) is 5.26. The fraction of sp³-hybridized carbons (Fsp3) is 0.500. The van der Waals surface area contributed by atoms with E-state index in [-0.39, 0.29) is 12.3 Å². The number of aliphatic carboxylic acids is 1. The zero-order valence-corrected chi connectivity index (χ0v) is 9.97. The van der Waals surface area contributed by atoms with Crippen molar-refractivity contribution in [3.8, 4) is 0 Å². The number of aryl methyl sites for hydroxylation is 1. The van der Waals surface area contributed by atoms with Crippen molar-refractivity contribution in [2.24, 2.45) is 0 Å². The van der Waals surface area contributed by atoms with E-state index >= 15 is 0 Å². The third-order valence-corrected chi connectivity index (χ3v) is 3.61. The van der Waals surface area contributed by atoms with Gasteiger partial charge in [0.05, 0.1) is 5.88 Å². The molecule has 1 aromatic heterocycles. The van der Waals surface area contributed by atoms with E-state index in [0.29, 0.717) is 18.2 Å². The van der Waals surface area contributed by atoms with Gasteiger partial charge in [-0.2, -0.15) is 5.10 Å². The van der Waals surface area contributed by atoms with Crippen LogP contribution in [0.5, 0.6) is 0 Å². The van der Waals surface area contributed by atoms with Gasteiger partial charge in [0.25, 0.3) is 0 Å². The van der Waals surface area contributed by atoms with Crippen LogP contribution < -0.4 is 0 Å². The highest BCUT2D eigenvalue weighted by Crippen LogP contribution is 2.21. The highest BCUT2D eigenvalue weighted by Gasteiger charge is 2.34. The third-order valence-electron chi connectivity index (χ3n) is 2.60. The number of hydrogen-bond acceptors (Lipinski definition) is 4. The molecule has 1 fully saturated rings. The molecule has 1 aliphatic rings. The summed E-state index contributed by atoms with van der Waals surface area (Å²) in [5.41, 5.74) is 0. The molecule has 1 saturated heterocycles. The van der Waals surface area contributed by atoms with Crippen molar-refractivity contribution in [3.05, 3.63) is 18.5 Å². The average molecular weight is 255 g/mol. The number of thioether (sulfide) groups is 1. The summed E-state index contributed by atoms with van der Waals surface area (Å²) in [7, 11) is 0. The second-order valence-corrected chi connectivity index (χ2v) is 4.74. The summed E-state index contributed by atoms with van der Waals surface area (Å²) in [5.74, 6) is -0.113. The topological polar surface area (TPSA) is 75.4 Å². The van der Waals surface area contributed by atoms with Gasteiger partial charge in [-0.15, -0.1) is 11.8 Å². The summed E-state index contributed by atoms with van der Waals surface area (Å²) in [5, 5.41) is 13.0. The summed E-state index contributed by atoms with van der Waals surface area (Å²) >= 11 is 1.47.